The molecule has 1 atom stereocenters. The van der Waals surface area contributed by atoms with E-state index < -0.39 is 6.04 Å². The first-order chi connectivity index (χ1) is 8.60. The number of hydrogen-bond donors (Lipinski definition) is 2. The van der Waals surface area contributed by atoms with Crippen LogP contribution in [0.15, 0.2) is 0 Å². The Morgan fingerprint density at radius 3 is 2.61 bits per heavy atom. The lowest BCUT2D eigenvalue weighted by Crippen LogP contribution is -2.52. The Bertz CT molecular complexity index is 253. The number of aliphatic hydroxyl groups is 1. The van der Waals surface area contributed by atoms with Gasteiger partial charge in [0, 0.05) is 12.6 Å². The van der Waals surface area contributed by atoms with E-state index in [0.29, 0.717) is 13.0 Å². The zero-order valence-corrected chi connectivity index (χ0v) is 11.6. The van der Waals surface area contributed by atoms with Gasteiger partial charge in [0.2, 0.25) is 5.91 Å². The van der Waals surface area contributed by atoms with Crippen molar-refractivity contribution in [2.45, 2.75) is 44.7 Å². The van der Waals surface area contributed by atoms with Crippen LogP contribution in [0.5, 0.6) is 0 Å². The number of likely N-dealkylation sites (tertiary alicyclic amines) is 1. The quantitative estimate of drug-likeness (QED) is 0.704. The van der Waals surface area contributed by atoms with Gasteiger partial charge in [0.15, 0.2) is 0 Å². The third-order valence-electron chi connectivity index (χ3n) is 3.67. The Labute approximate surface area is 110 Å². The standard InChI is InChI=1S/C13H27N3O2/c1-3-4-12(14)13(18)16(9-10-17)11-5-7-15(2)8-6-11/h11-12,17H,3-10,14H2,1-2H3. The summed E-state index contributed by atoms with van der Waals surface area (Å²) in [5.74, 6) is 0.000420. The summed E-state index contributed by atoms with van der Waals surface area (Å²) in [6, 6.07) is -0.176. The molecule has 5 heteroatoms. The number of piperidine rings is 1. The Balaban J connectivity index is 2.60. The molecular weight excluding hydrogens is 230 g/mol. The van der Waals surface area contributed by atoms with Gasteiger partial charge in [0.25, 0.3) is 0 Å². The van der Waals surface area contributed by atoms with E-state index in [1.54, 1.807) is 4.90 Å². The number of carbonyl (C=O) groups is 1. The highest BCUT2D eigenvalue weighted by Crippen LogP contribution is 2.16. The van der Waals surface area contributed by atoms with Crippen molar-refractivity contribution in [2.24, 2.45) is 5.73 Å². The molecule has 1 unspecified atom stereocenters. The smallest absolute Gasteiger partial charge is 0.239 e. The van der Waals surface area contributed by atoms with Crippen LogP contribution in [0, 0.1) is 0 Å². The van der Waals surface area contributed by atoms with Crippen LogP contribution < -0.4 is 5.73 Å². The van der Waals surface area contributed by atoms with Gasteiger partial charge in [-0.05, 0) is 39.4 Å². The lowest BCUT2D eigenvalue weighted by Gasteiger charge is -2.38. The largest absolute Gasteiger partial charge is 0.395 e. The number of rotatable bonds is 6. The average Bonchev–Trinajstić information content (AvgIpc) is 2.37. The van der Waals surface area contributed by atoms with Crippen LogP contribution in [0.25, 0.3) is 0 Å². The van der Waals surface area contributed by atoms with Gasteiger partial charge in [-0.2, -0.15) is 0 Å². The molecule has 1 fully saturated rings. The summed E-state index contributed by atoms with van der Waals surface area (Å²) in [6.07, 6.45) is 3.57. The number of carbonyl (C=O) groups excluding carboxylic acids is 1. The van der Waals surface area contributed by atoms with Crippen LogP contribution >= 0.6 is 0 Å². The average molecular weight is 257 g/mol. The highest BCUT2D eigenvalue weighted by Gasteiger charge is 2.29. The molecule has 0 radical (unpaired) electrons. The maximum absolute atomic E-state index is 12.3. The molecule has 0 aromatic carbocycles. The molecule has 1 aliphatic heterocycles. The lowest BCUT2D eigenvalue weighted by atomic mass is 10.0. The Hall–Kier alpha value is -0.650. The molecule has 1 rings (SSSR count). The van der Waals surface area contributed by atoms with Gasteiger partial charge in [-0.25, -0.2) is 0 Å². The predicted octanol–water partition coefficient (Wildman–Crippen LogP) is 0.0289. The van der Waals surface area contributed by atoms with Gasteiger partial charge in [-0.3, -0.25) is 4.79 Å². The van der Waals surface area contributed by atoms with Crippen molar-refractivity contribution in [1.29, 1.82) is 0 Å². The normalized spacial score (nSPS) is 19.8. The fourth-order valence-corrected chi connectivity index (χ4v) is 2.53. The zero-order valence-electron chi connectivity index (χ0n) is 11.6. The molecule has 18 heavy (non-hydrogen) atoms. The molecule has 1 saturated heterocycles. The summed E-state index contributed by atoms with van der Waals surface area (Å²) in [7, 11) is 2.09. The van der Waals surface area contributed by atoms with Crippen LogP contribution in [0.4, 0.5) is 0 Å². The van der Waals surface area contributed by atoms with Crippen LogP contribution in [0.1, 0.15) is 32.6 Å². The molecule has 1 aliphatic rings. The highest BCUT2D eigenvalue weighted by molar-refractivity contribution is 5.82. The number of nitrogens with zero attached hydrogens (tertiary/aromatic N) is 2. The summed E-state index contributed by atoms with van der Waals surface area (Å²) in [5.41, 5.74) is 5.91. The van der Waals surface area contributed by atoms with Crippen molar-refractivity contribution in [3.05, 3.63) is 0 Å². The molecule has 0 aromatic heterocycles. The van der Waals surface area contributed by atoms with Gasteiger partial charge in [0.1, 0.15) is 0 Å². The summed E-state index contributed by atoms with van der Waals surface area (Å²) < 4.78 is 0. The van der Waals surface area contributed by atoms with E-state index in [1.165, 1.54) is 0 Å². The minimum atomic E-state index is -0.416. The zero-order chi connectivity index (χ0) is 13.5. The minimum absolute atomic E-state index is 0.000420. The molecule has 0 aromatic rings. The first kappa shape index (κ1) is 15.4. The van der Waals surface area contributed by atoms with E-state index in [0.717, 1.165) is 32.4 Å². The maximum atomic E-state index is 12.3. The van der Waals surface area contributed by atoms with Crippen LogP contribution in [0.2, 0.25) is 0 Å². The fraction of sp³-hybridized carbons (Fsp3) is 0.923. The summed E-state index contributed by atoms with van der Waals surface area (Å²) in [6.45, 7) is 4.45. The van der Waals surface area contributed by atoms with Gasteiger partial charge < -0.3 is 20.6 Å². The lowest BCUT2D eigenvalue weighted by molar-refractivity contribution is -0.136. The third-order valence-corrected chi connectivity index (χ3v) is 3.67. The second kappa shape index (κ2) is 7.71. The van der Waals surface area contributed by atoms with E-state index in [9.17, 15) is 4.79 Å². The SMILES string of the molecule is CCCC(N)C(=O)N(CCO)C1CCN(C)CC1. The number of amides is 1. The predicted molar refractivity (Wildman–Crippen MR) is 72.2 cm³/mol. The number of nitrogens with two attached hydrogens (primary N) is 1. The first-order valence-electron chi connectivity index (χ1n) is 6.95. The summed E-state index contributed by atoms with van der Waals surface area (Å²) in [5, 5.41) is 9.13. The molecule has 0 aliphatic carbocycles. The summed E-state index contributed by atoms with van der Waals surface area (Å²) >= 11 is 0. The van der Waals surface area contributed by atoms with Crippen molar-refractivity contribution < 1.29 is 9.90 Å². The van der Waals surface area contributed by atoms with Gasteiger partial charge in [0.05, 0.1) is 12.6 Å². The van der Waals surface area contributed by atoms with Crippen molar-refractivity contribution >= 4 is 5.91 Å². The van der Waals surface area contributed by atoms with Crippen molar-refractivity contribution in [3.8, 4) is 0 Å². The third kappa shape index (κ3) is 4.23. The molecule has 0 saturated carbocycles. The Morgan fingerprint density at radius 1 is 1.50 bits per heavy atom. The van der Waals surface area contributed by atoms with Crippen LogP contribution in [-0.2, 0) is 4.79 Å². The second-order valence-corrected chi connectivity index (χ2v) is 5.18. The van der Waals surface area contributed by atoms with Crippen molar-refractivity contribution in [3.63, 3.8) is 0 Å². The number of hydrogen-bond acceptors (Lipinski definition) is 4. The molecule has 1 amide bonds. The summed E-state index contributed by atoms with van der Waals surface area (Å²) in [4.78, 5) is 16.3. The van der Waals surface area contributed by atoms with E-state index in [4.69, 9.17) is 10.8 Å². The topological polar surface area (TPSA) is 69.8 Å². The van der Waals surface area contributed by atoms with Gasteiger partial charge in [-0.1, -0.05) is 13.3 Å². The Morgan fingerprint density at radius 2 is 2.11 bits per heavy atom. The van der Waals surface area contributed by atoms with E-state index >= 15 is 0 Å². The van der Waals surface area contributed by atoms with Crippen molar-refractivity contribution in [1.82, 2.24) is 9.80 Å². The molecule has 1 heterocycles. The van der Waals surface area contributed by atoms with Crippen LogP contribution in [-0.4, -0.2) is 66.2 Å². The second-order valence-electron chi connectivity index (χ2n) is 5.18. The fourth-order valence-electron chi connectivity index (χ4n) is 2.53. The first-order valence-corrected chi connectivity index (χ1v) is 6.95. The molecule has 0 bridgehead atoms. The Kier molecular flexibility index (Phi) is 6.60. The minimum Gasteiger partial charge on any atom is -0.395 e. The highest BCUT2D eigenvalue weighted by atomic mass is 16.3. The molecular formula is C13H27N3O2. The van der Waals surface area contributed by atoms with Gasteiger partial charge in [-0.15, -0.1) is 0 Å². The monoisotopic (exact) mass is 257 g/mol. The van der Waals surface area contributed by atoms with Crippen LogP contribution in [0.3, 0.4) is 0 Å². The van der Waals surface area contributed by atoms with Gasteiger partial charge >= 0.3 is 0 Å². The molecule has 3 N–H and O–H groups in total. The maximum Gasteiger partial charge on any atom is 0.239 e. The van der Waals surface area contributed by atoms with Crippen molar-refractivity contribution in [2.75, 3.05) is 33.3 Å². The van der Waals surface area contributed by atoms with E-state index in [2.05, 4.69) is 11.9 Å². The molecule has 5 nitrogen and oxygen atoms in total. The molecule has 0 spiro atoms. The number of aliphatic hydroxyl groups excluding tert-OH is 1. The van der Waals surface area contributed by atoms with E-state index in [1.807, 2.05) is 6.92 Å². The molecule has 106 valence electrons. The van der Waals surface area contributed by atoms with E-state index in [-0.39, 0.29) is 18.6 Å².